The second-order valence-corrected chi connectivity index (χ2v) is 7.74. The SMILES string of the molecule is CC.Cc1c2c(=O)n(C)nc(CC(C)C)c2cn1Cc1cccc2ccccc12. The summed E-state index contributed by atoms with van der Waals surface area (Å²) in [5, 5.41) is 8.82. The monoisotopic (exact) mass is 389 g/mol. The summed E-state index contributed by atoms with van der Waals surface area (Å²) in [4.78, 5) is 12.8. The molecule has 0 bridgehead atoms. The summed E-state index contributed by atoms with van der Waals surface area (Å²) in [6.45, 7) is 11.1. The van der Waals surface area contributed by atoms with Gasteiger partial charge >= 0.3 is 0 Å². The Bertz CT molecular complexity index is 1190. The van der Waals surface area contributed by atoms with E-state index >= 15 is 0 Å². The first kappa shape index (κ1) is 20.8. The number of aryl methyl sites for hydroxylation is 2. The summed E-state index contributed by atoms with van der Waals surface area (Å²) < 4.78 is 3.68. The second-order valence-electron chi connectivity index (χ2n) is 7.74. The highest BCUT2D eigenvalue weighted by Crippen LogP contribution is 2.25. The van der Waals surface area contributed by atoms with Crippen molar-refractivity contribution in [1.29, 1.82) is 0 Å². The molecular formula is C25H31N3O. The van der Waals surface area contributed by atoms with Gasteiger partial charge in [0.25, 0.3) is 5.56 Å². The number of rotatable bonds is 4. The molecule has 0 aliphatic heterocycles. The summed E-state index contributed by atoms with van der Waals surface area (Å²) in [7, 11) is 1.74. The Morgan fingerprint density at radius 3 is 2.41 bits per heavy atom. The molecule has 4 heteroatoms. The topological polar surface area (TPSA) is 39.8 Å². The van der Waals surface area contributed by atoms with E-state index in [4.69, 9.17) is 0 Å². The van der Waals surface area contributed by atoms with E-state index in [9.17, 15) is 4.79 Å². The average molecular weight is 390 g/mol. The zero-order valence-electron chi connectivity index (χ0n) is 18.4. The van der Waals surface area contributed by atoms with Crippen LogP contribution in [0.25, 0.3) is 21.5 Å². The normalized spacial score (nSPS) is 11.1. The van der Waals surface area contributed by atoms with Crippen molar-refractivity contribution in [2.75, 3.05) is 0 Å². The van der Waals surface area contributed by atoms with Crippen molar-refractivity contribution >= 4 is 21.5 Å². The van der Waals surface area contributed by atoms with E-state index < -0.39 is 0 Å². The maximum absolute atomic E-state index is 12.8. The maximum Gasteiger partial charge on any atom is 0.276 e. The van der Waals surface area contributed by atoms with Crippen molar-refractivity contribution in [3.8, 4) is 0 Å². The molecule has 0 radical (unpaired) electrons. The zero-order chi connectivity index (χ0) is 21.1. The van der Waals surface area contributed by atoms with Gasteiger partial charge in [-0.25, -0.2) is 4.68 Å². The quantitative estimate of drug-likeness (QED) is 0.464. The molecule has 0 spiro atoms. The molecular weight excluding hydrogens is 358 g/mol. The first-order valence-electron chi connectivity index (χ1n) is 10.5. The average Bonchev–Trinajstić information content (AvgIpc) is 3.04. The number of aromatic nitrogens is 3. The number of hydrogen-bond acceptors (Lipinski definition) is 2. The summed E-state index contributed by atoms with van der Waals surface area (Å²) in [5.41, 5.74) is 3.24. The first-order chi connectivity index (χ1) is 14.0. The standard InChI is InChI=1S/C23H25N3O.C2H6/c1-15(2)12-21-20-14-26(16(3)22(20)23(27)25(4)24-21)13-18-10-7-9-17-8-5-6-11-19(17)18;1-2/h5-11,14-15H,12-13H2,1-4H3;1-2H3. The Morgan fingerprint density at radius 1 is 1.00 bits per heavy atom. The first-order valence-corrected chi connectivity index (χ1v) is 10.5. The molecule has 0 unspecified atom stereocenters. The molecule has 4 aromatic rings. The molecule has 0 saturated carbocycles. The largest absolute Gasteiger partial charge is 0.346 e. The highest BCUT2D eigenvalue weighted by molar-refractivity contribution is 5.88. The van der Waals surface area contributed by atoms with E-state index in [1.54, 1.807) is 7.05 Å². The summed E-state index contributed by atoms with van der Waals surface area (Å²) >= 11 is 0. The van der Waals surface area contributed by atoms with Crippen molar-refractivity contribution < 1.29 is 0 Å². The molecule has 2 aromatic heterocycles. The van der Waals surface area contributed by atoms with Crippen LogP contribution in [-0.4, -0.2) is 14.3 Å². The number of hydrogen-bond donors (Lipinski definition) is 0. The van der Waals surface area contributed by atoms with Crippen LogP contribution in [0.15, 0.2) is 53.5 Å². The lowest BCUT2D eigenvalue weighted by molar-refractivity contribution is 0.605. The van der Waals surface area contributed by atoms with Gasteiger partial charge in [0, 0.05) is 30.9 Å². The van der Waals surface area contributed by atoms with Crippen LogP contribution in [0, 0.1) is 12.8 Å². The van der Waals surface area contributed by atoms with Gasteiger partial charge in [-0.05, 0) is 35.6 Å². The van der Waals surface area contributed by atoms with E-state index in [-0.39, 0.29) is 5.56 Å². The Kier molecular flexibility index (Phi) is 6.21. The minimum Gasteiger partial charge on any atom is -0.346 e. The molecule has 0 amide bonds. The Hall–Kier alpha value is -2.88. The molecule has 0 aliphatic rings. The Balaban J connectivity index is 0.00000117. The van der Waals surface area contributed by atoms with Gasteiger partial charge in [-0.2, -0.15) is 5.10 Å². The zero-order valence-corrected chi connectivity index (χ0v) is 18.4. The fourth-order valence-corrected chi connectivity index (χ4v) is 3.90. The smallest absolute Gasteiger partial charge is 0.276 e. The van der Waals surface area contributed by atoms with Gasteiger partial charge in [-0.3, -0.25) is 4.79 Å². The summed E-state index contributed by atoms with van der Waals surface area (Å²) in [6, 6.07) is 14.8. The van der Waals surface area contributed by atoms with Crippen molar-refractivity contribution in [1.82, 2.24) is 14.3 Å². The lowest BCUT2D eigenvalue weighted by atomic mass is 10.0. The molecule has 0 fully saturated rings. The Morgan fingerprint density at radius 2 is 1.69 bits per heavy atom. The number of fused-ring (bicyclic) bond motifs is 2. The van der Waals surface area contributed by atoms with E-state index in [2.05, 4.69) is 72.2 Å². The maximum atomic E-state index is 12.8. The number of benzene rings is 2. The fraction of sp³-hybridized carbons (Fsp3) is 0.360. The molecule has 29 heavy (non-hydrogen) atoms. The van der Waals surface area contributed by atoms with E-state index in [1.165, 1.54) is 21.0 Å². The van der Waals surface area contributed by atoms with Gasteiger partial charge in [0.05, 0.1) is 11.1 Å². The minimum absolute atomic E-state index is 0.0216. The van der Waals surface area contributed by atoms with Crippen molar-refractivity contribution in [3.05, 3.63) is 76.0 Å². The van der Waals surface area contributed by atoms with Crippen LogP contribution in [0.3, 0.4) is 0 Å². The van der Waals surface area contributed by atoms with E-state index in [0.717, 1.165) is 35.1 Å². The van der Waals surface area contributed by atoms with Gasteiger partial charge in [0.15, 0.2) is 0 Å². The third kappa shape index (κ3) is 3.98. The molecule has 4 nitrogen and oxygen atoms in total. The van der Waals surface area contributed by atoms with Crippen molar-refractivity contribution in [2.45, 2.75) is 47.6 Å². The van der Waals surface area contributed by atoms with Crippen molar-refractivity contribution in [2.24, 2.45) is 13.0 Å². The van der Waals surface area contributed by atoms with Crippen LogP contribution in [0.5, 0.6) is 0 Å². The van der Waals surface area contributed by atoms with Crippen LogP contribution in [-0.2, 0) is 20.0 Å². The molecule has 2 aromatic carbocycles. The molecule has 0 saturated heterocycles. The molecule has 0 atom stereocenters. The molecule has 0 aliphatic carbocycles. The van der Waals surface area contributed by atoms with E-state index in [1.807, 2.05) is 20.8 Å². The van der Waals surface area contributed by atoms with Crippen LogP contribution in [0.2, 0.25) is 0 Å². The lowest BCUT2D eigenvalue weighted by Gasteiger charge is -2.09. The van der Waals surface area contributed by atoms with Gasteiger partial charge in [-0.1, -0.05) is 70.2 Å². The second kappa shape index (κ2) is 8.64. The highest BCUT2D eigenvalue weighted by atomic mass is 16.1. The molecule has 152 valence electrons. The molecule has 0 N–H and O–H groups in total. The summed E-state index contributed by atoms with van der Waals surface area (Å²) in [5.74, 6) is 0.486. The number of nitrogens with zero attached hydrogens (tertiary/aromatic N) is 3. The van der Waals surface area contributed by atoms with Crippen LogP contribution >= 0.6 is 0 Å². The van der Waals surface area contributed by atoms with Crippen LogP contribution < -0.4 is 5.56 Å². The molecule has 2 heterocycles. The Labute approximate surface area is 172 Å². The minimum atomic E-state index is -0.0216. The van der Waals surface area contributed by atoms with Gasteiger partial charge in [-0.15, -0.1) is 0 Å². The van der Waals surface area contributed by atoms with Crippen molar-refractivity contribution in [3.63, 3.8) is 0 Å². The van der Waals surface area contributed by atoms with Gasteiger partial charge in [0.2, 0.25) is 0 Å². The fourth-order valence-electron chi connectivity index (χ4n) is 3.90. The van der Waals surface area contributed by atoms with Crippen LogP contribution in [0.1, 0.15) is 44.6 Å². The summed E-state index contributed by atoms with van der Waals surface area (Å²) in [6.07, 6.45) is 2.97. The highest BCUT2D eigenvalue weighted by Gasteiger charge is 2.17. The third-order valence-corrected chi connectivity index (χ3v) is 5.26. The van der Waals surface area contributed by atoms with Crippen LogP contribution in [0.4, 0.5) is 0 Å². The molecule has 4 rings (SSSR count). The predicted molar refractivity (Wildman–Crippen MR) is 123 cm³/mol. The third-order valence-electron chi connectivity index (χ3n) is 5.26. The van der Waals surface area contributed by atoms with E-state index in [0.29, 0.717) is 5.92 Å². The van der Waals surface area contributed by atoms with Gasteiger partial charge in [0.1, 0.15) is 0 Å². The predicted octanol–water partition coefficient (Wildman–Crippen LogP) is 5.47. The van der Waals surface area contributed by atoms with Gasteiger partial charge < -0.3 is 4.57 Å². The lowest BCUT2D eigenvalue weighted by Crippen LogP contribution is -2.22.